The summed E-state index contributed by atoms with van der Waals surface area (Å²) >= 11 is 0. The lowest BCUT2D eigenvalue weighted by molar-refractivity contribution is 0.382. The van der Waals surface area contributed by atoms with Gasteiger partial charge in [0.05, 0.1) is 10.6 Å². The minimum atomic E-state index is -3.55. The summed E-state index contributed by atoms with van der Waals surface area (Å²) < 4.78 is 29.6. The molecule has 4 heterocycles. The molecule has 0 atom stereocenters. The number of hydrogen-bond acceptors (Lipinski definition) is 7. The molecule has 32 heavy (non-hydrogen) atoms. The molecule has 0 bridgehead atoms. The van der Waals surface area contributed by atoms with Gasteiger partial charge >= 0.3 is 0 Å². The molecule has 0 amide bonds. The molecule has 168 valence electrons. The van der Waals surface area contributed by atoms with E-state index in [9.17, 15) is 8.42 Å². The number of anilines is 2. The summed E-state index contributed by atoms with van der Waals surface area (Å²) in [4.78, 5) is 14.1. The molecule has 2 aliphatic heterocycles. The van der Waals surface area contributed by atoms with Gasteiger partial charge in [0.25, 0.3) is 0 Å². The fourth-order valence-corrected chi connectivity index (χ4v) is 5.68. The van der Waals surface area contributed by atoms with Crippen molar-refractivity contribution in [3.63, 3.8) is 0 Å². The van der Waals surface area contributed by atoms with E-state index in [0.717, 1.165) is 30.3 Å². The largest absolute Gasteiger partial charge is 0.356 e. The van der Waals surface area contributed by atoms with Gasteiger partial charge in [-0.3, -0.25) is 0 Å². The van der Waals surface area contributed by atoms with Crippen LogP contribution in [0.1, 0.15) is 18.5 Å². The predicted octanol–water partition coefficient (Wildman–Crippen LogP) is 2.08. The Morgan fingerprint density at radius 1 is 0.875 bits per heavy atom. The number of rotatable bonds is 5. The SMILES string of the molecule is Cc1cc(N2CCCC2)nc(N2CCN(S(=O)(=O)c3ccc(-n4cccn4)cc3)CC2)n1. The van der Waals surface area contributed by atoms with Gasteiger partial charge in [-0.1, -0.05) is 0 Å². The lowest BCUT2D eigenvalue weighted by Crippen LogP contribution is -2.49. The summed E-state index contributed by atoms with van der Waals surface area (Å²) in [5.41, 5.74) is 1.76. The van der Waals surface area contributed by atoms with E-state index in [1.165, 1.54) is 12.8 Å². The summed E-state index contributed by atoms with van der Waals surface area (Å²) in [5.74, 6) is 1.66. The highest BCUT2D eigenvalue weighted by atomic mass is 32.2. The predicted molar refractivity (Wildman–Crippen MR) is 123 cm³/mol. The van der Waals surface area contributed by atoms with Crippen LogP contribution in [0.15, 0.2) is 53.7 Å². The molecule has 3 aromatic rings. The van der Waals surface area contributed by atoms with Gasteiger partial charge in [0.2, 0.25) is 16.0 Å². The Kier molecular flexibility index (Phi) is 5.56. The third kappa shape index (κ3) is 4.07. The quantitative estimate of drug-likeness (QED) is 0.584. The summed E-state index contributed by atoms with van der Waals surface area (Å²) in [7, 11) is -3.55. The van der Waals surface area contributed by atoms with Gasteiger partial charge in [0, 0.05) is 63.4 Å². The fraction of sp³-hybridized carbons (Fsp3) is 0.409. The van der Waals surface area contributed by atoms with Gasteiger partial charge in [-0.05, 0) is 50.1 Å². The van der Waals surface area contributed by atoms with Crippen molar-refractivity contribution in [2.75, 3.05) is 49.1 Å². The summed E-state index contributed by atoms with van der Waals surface area (Å²) in [6.07, 6.45) is 5.90. The van der Waals surface area contributed by atoms with Crippen LogP contribution < -0.4 is 9.80 Å². The minimum absolute atomic E-state index is 0.296. The fourth-order valence-electron chi connectivity index (χ4n) is 4.26. The monoisotopic (exact) mass is 453 g/mol. The van der Waals surface area contributed by atoms with Crippen molar-refractivity contribution >= 4 is 21.8 Å². The summed E-state index contributed by atoms with van der Waals surface area (Å²) in [5, 5.41) is 4.18. The highest BCUT2D eigenvalue weighted by molar-refractivity contribution is 7.89. The number of nitrogens with zero attached hydrogens (tertiary/aromatic N) is 7. The average molecular weight is 454 g/mol. The Labute approximate surface area is 188 Å². The first-order valence-electron chi connectivity index (χ1n) is 11.0. The zero-order chi connectivity index (χ0) is 22.1. The topological polar surface area (TPSA) is 87.5 Å². The smallest absolute Gasteiger partial charge is 0.243 e. The second kappa shape index (κ2) is 8.51. The molecule has 5 rings (SSSR count). The molecule has 2 aromatic heterocycles. The maximum atomic E-state index is 13.2. The van der Waals surface area contributed by atoms with Gasteiger partial charge in [0.1, 0.15) is 5.82 Å². The van der Waals surface area contributed by atoms with E-state index < -0.39 is 10.0 Å². The van der Waals surface area contributed by atoms with Crippen LogP contribution in [0.2, 0.25) is 0 Å². The van der Waals surface area contributed by atoms with Crippen LogP contribution >= 0.6 is 0 Å². The van der Waals surface area contributed by atoms with Crippen LogP contribution in [-0.4, -0.2) is 71.7 Å². The lowest BCUT2D eigenvalue weighted by atomic mass is 10.3. The van der Waals surface area contributed by atoms with Crippen molar-refractivity contribution in [3.05, 3.63) is 54.5 Å². The van der Waals surface area contributed by atoms with Gasteiger partial charge in [-0.25, -0.2) is 18.1 Å². The number of aryl methyl sites for hydroxylation is 1. The van der Waals surface area contributed by atoms with Crippen LogP contribution in [0.3, 0.4) is 0 Å². The lowest BCUT2D eigenvalue weighted by Gasteiger charge is -2.34. The molecule has 0 unspecified atom stereocenters. The standard InChI is InChI=1S/C22H27N7O2S/c1-18-17-21(26-10-2-3-11-26)25-22(24-18)27-13-15-28(16-14-27)32(30,31)20-7-5-19(6-8-20)29-12-4-9-23-29/h4-9,12,17H,2-3,10-11,13-16H2,1H3. The molecular weight excluding hydrogens is 426 g/mol. The van der Waals surface area contributed by atoms with Crippen LogP contribution in [0.25, 0.3) is 5.69 Å². The molecule has 9 nitrogen and oxygen atoms in total. The maximum Gasteiger partial charge on any atom is 0.243 e. The Morgan fingerprint density at radius 2 is 1.59 bits per heavy atom. The van der Waals surface area contributed by atoms with Crippen LogP contribution in [-0.2, 0) is 10.0 Å². The van der Waals surface area contributed by atoms with Crippen molar-refractivity contribution < 1.29 is 8.42 Å². The zero-order valence-corrected chi connectivity index (χ0v) is 18.9. The van der Waals surface area contributed by atoms with E-state index >= 15 is 0 Å². The van der Waals surface area contributed by atoms with E-state index in [-0.39, 0.29) is 0 Å². The molecule has 0 N–H and O–H groups in total. The number of piperazine rings is 1. The van der Waals surface area contributed by atoms with E-state index in [4.69, 9.17) is 4.98 Å². The average Bonchev–Trinajstić information content (AvgIpc) is 3.53. The molecule has 0 saturated carbocycles. The number of aromatic nitrogens is 4. The third-order valence-corrected chi connectivity index (χ3v) is 7.94. The van der Waals surface area contributed by atoms with Crippen LogP contribution in [0, 0.1) is 6.92 Å². The Hall–Kier alpha value is -2.98. The highest BCUT2D eigenvalue weighted by Crippen LogP contribution is 2.24. The molecule has 2 aliphatic rings. The second-order valence-electron chi connectivity index (χ2n) is 8.20. The van der Waals surface area contributed by atoms with Gasteiger partial charge in [0.15, 0.2) is 0 Å². The van der Waals surface area contributed by atoms with Crippen molar-refractivity contribution in [2.24, 2.45) is 0 Å². The van der Waals surface area contributed by atoms with Gasteiger partial charge in [-0.2, -0.15) is 14.4 Å². The van der Waals surface area contributed by atoms with Crippen LogP contribution in [0.4, 0.5) is 11.8 Å². The van der Waals surface area contributed by atoms with Crippen molar-refractivity contribution in [1.29, 1.82) is 0 Å². The highest BCUT2D eigenvalue weighted by Gasteiger charge is 2.30. The third-order valence-electron chi connectivity index (χ3n) is 6.02. The molecule has 2 saturated heterocycles. The van der Waals surface area contributed by atoms with E-state index in [2.05, 4.69) is 19.9 Å². The van der Waals surface area contributed by atoms with E-state index in [1.807, 2.05) is 25.3 Å². The van der Waals surface area contributed by atoms with Crippen LogP contribution in [0.5, 0.6) is 0 Å². The van der Waals surface area contributed by atoms with Crippen molar-refractivity contribution in [3.8, 4) is 5.69 Å². The molecule has 0 radical (unpaired) electrons. The minimum Gasteiger partial charge on any atom is -0.356 e. The molecular formula is C22H27N7O2S. The zero-order valence-electron chi connectivity index (χ0n) is 18.1. The molecule has 0 spiro atoms. The van der Waals surface area contributed by atoms with Gasteiger partial charge < -0.3 is 9.80 Å². The molecule has 2 fully saturated rings. The van der Waals surface area contributed by atoms with Crippen molar-refractivity contribution in [1.82, 2.24) is 24.1 Å². The Bertz CT molecular complexity index is 1170. The van der Waals surface area contributed by atoms with Crippen molar-refractivity contribution in [2.45, 2.75) is 24.7 Å². The molecule has 0 aliphatic carbocycles. The first-order valence-corrected chi connectivity index (χ1v) is 12.4. The molecule has 1 aromatic carbocycles. The first kappa shape index (κ1) is 20.9. The summed E-state index contributed by atoms with van der Waals surface area (Å²) in [6, 6.07) is 10.7. The number of benzene rings is 1. The molecule has 10 heteroatoms. The Morgan fingerprint density at radius 3 is 2.25 bits per heavy atom. The normalized spacial score (nSPS) is 17.8. The summed E-state index contributed by atoms with van der Waals surface area (Å²) in [6.45, 7) is 5.97. The van der Waals surface area contributed by atoms with E-state index in [1.54, 1.807) is 39.4 Å². The number of hydrogen-bond donors (Lipinski definition) is 0. The van der Waals surface area contributed by atoms with Gasteiger partial charge in [-0.15, -0.1) is 0 Å². The second-order valence-corrected chi connectivity index (χ2v) is 10.1. The maximum absolute atomic E-state index is 13.2. The Balaban J connectivity index is 1.28. The van der Waals surface area contributed by atoms with E-state index in [0.29, 0.717) is 37.0 Å². The first-order chi connectivity index (χ1) is 15.5. The number of sulfonamides is 1.